The molecule has 1 amide bonds. The van der Waals surface area contributed by atoms with E-state index in [0.717, 1.165) is 45.3 Å². The molecule has 0 bridgehead atoms. The highest BCUT2D eigenvalue weighted by Gasteiger charge is 2.40. The molecule has 156 valence electrons. The van der Waals surface area contributed by atoms with E-state index < -0.39 is 11.7 Å². The predicted octanol–water partition coefficient (Wildman–Crippen LogP) is 4.49. The van der Waals surface area contributed by atoms with E-state index in [0.29, 0.717) is 13.1 Å². The zero-order valence-electron chi connectivity index (χ0n) is 16.8. The first-order valence-electron chi connectivity index (χ1n) is 10.6. The number of hydrogen-bond acceptors (Lipinski definition) is 4. The van der Waals surface area contributed by atoms with Crippen molar-refractivity contribution in [3.8, 4) is 11.1 Å². The molecule has 4 rings (SSSR count). The molecule has 29 heavy (non-hydrogen) atoms. The Morgan fingerprint density at radius 2 is 1.69 bits per heavy atom. The monoisotopic (exact) mass is 414 g/mol. The van der Waals surface area contributed by atoms with E-state index >= 15 is 0 Å². The van der Waals surface area contributed by atoms with E-state index in [-0.39, 0.29) is 5.92 Å². The van der Waals surface area contributed by atoms with E-state index in [1.807, 2.05) is 0 Å². The van der Waals surface area contributed by atoms with Crippen molar-refractivity contribution in [1.29, 1.82) is 0 Å². The molecule has 1 saturated carbocycles. The van der Waals surface area contributed by atoms with Gasteiger partial charge in [-0.25, -0.2) is 4.79 Å². The zero-order chi connectivity index (χ0) is 20.3. The summed E-state index contributed by atoms with van der Waals surface area (Å²) in [5.74, 6) is 0.0516. The standard InChI is InChI=1S/C23H30N2O3S/c26-22(27)25-13-11-24(12-14-25)16-21(23(28)9-2-1-3-10-23)19-6-4-18(5-7-19)20-8-15-29-17-20/h4-8,15,17,21,28H,1-3,9-14,16H2,(H,26,27). The van der Waals surface area contributed by atoms with E-state index in [2.05, 4.69) is 46.0 Å². The van der Waals surface area contributed by atoms with Crippen LogP contribution in [0.25, 0.3) is 11.1 Å². The van der Waals surface area contributed by atoms with Crippen LogP contribution < -0.4 is 0 Å². The molecule has 2 fully saturated rings. The minimum absolute atomic E-state index is 0.0516. The molecule has 2 aromatic rings. The summed E-state index contributed by atoms with van der Waals surface area (Å²) < 4.78 is 0. The molecule has 0 radical (unpaired) electrons. The molecule has 1 aliphatic carbocycles. The first kappa shape index (κ1) is 20.4. The molecule has 6 heteroatoms. The maximum Gasteiger partial charge on any atom is 0.407 e. The molecule has 1 aliphatic heterocycles. The second kappa shape index (κ2) is 8.86. The number of aliphatic hydroxyl groups is 1. The second-order valence-corrected chi connectivity index (χ2v) is 9.20. The summed E-state index contributed by atoms with van der Waals surface area (Å²) in [6, 6.07) is 10.8. The van der Waals surface area contributed by atoms with Crippen molar-refractivity contribution in [1.82, 2.24) is 9.80 Å². The van der Waals surface area contributed by atoms with Crippen LogP contribution >= 0.6 is 11.3 Å². The summed E-state index contributed by atoms with van der Waals surface area (Å²) in [4.78, 5) is 15.0. The highest BCUT2D eigenvalue weighted by Crippen LogP contribution is 2.41. The molecular weight excluding hydrogens is 384 g/mol. The van der Waals surface area contributed by atoms with Crippen LogP contribution in [0.1, 0.15) is 43.6 Å². The first-order chi connectivity index (χ1) is 14.0. The fourth-order valence-electron chi connectivity index (χ4n) is 4.81. The van der Waals surface area contributed by atoms with E-state index in [4.69, 9.17) is 0 Å². The number of carboxylic acid groups (broad SMARTS) is 1. The molecule has 1 atom stereocenters. The number of rotatable bonds is 5. The second-order valence-electron chi connectivity index (χ2n) is 8.42. The van der Waals surface area contributed by atoms with Gasteiger partial charge in [0.25, 0.3) is 0 Å². The average Bonchev–Trinajstić information content (AvgIpc) is 3.28. The van der Waals surface area contributed by atoms with Gasteiger partial charge in [-0.05, 0) is 46.4 Å². The lowest BCUT2D eigenvalue weighted by molar-refractivity contribution is -0.0338. The third-order valence-electron chi connectivity index (χ3n) is 6.62. The van der Waals surface area contributed by atoms with Crippen molar-refractivity contribution in [2.75, 3.05) is 32.7 Å². The van der Waals surface area contributed by atoms with Gasteiger partial charge in [0.05, 0.1) is 5.60 Å². The van der Waals surface area contributed by atoms with Crippen LogP contribution in [0.2, 0.25) is 0 Å². The molecule has 2 aliphatic rings. The van der Waals surface area contributed by atoms with Gasteiger partial charge in [0.2, 0.25) is 0 Å². The Kier molecular flexibility index (Phi) is 6.23. The van der Waals surface area contributed by atoms with E-state index in [1.165, 1.54) is 28.0 Å². The number of benzene rings is 1. The number of nitrogens with zero attached hydrogens (tertiary/aromatic N) is 2. The highest BCUT2D eigenvalue weighted by molar-refractivity contribution is 7.08. The number of carbonyl (C=O) groups is 1. The first-order valence-corrected chi connectivity index (χ1v) is 11.5. The molecule has 2 heterocycles. The molecule has 2 N–H and O–H groups in total. The minimum atomic E-state index is -0.837. The molecule has 1 unspecified atom stereocenters. The molecule has 1 aromatic heterocycles. The van der Waals surface area contributed by atoms with E-state index in [9.17, 15) is 15.0 Å². The fourth-order valence-corrected chi connectivity index (χ4v) is 5.48. The maximum atomic E-state index is 11.6. The van der Waals surface area contributed by atoms with Crippen molar-refractivity contribution in [3.63, 3.8) is 0 Å². The highest BCUT2D eigenvalue weighted by atomic mass is 32.1. The van der Waals surface area contributed by atoms with Crippen LogP contribution in [0.5, 0.6) is 0 Å². The van der Waals surface area contributed by atoms with Gasteiger partial charge in [-0.15, -0.1) is 0 Å². The van der Waals surface area contributed by atoms with Gasteiger partial charge in [-0.1, -0.05) is 43.5 Å². The number of hydrogen-bond donors (Lipinski definition) is 2. The quantitative estimate of drug-likeness (QED) is 0.757. The van der Waals surface area contributed by atoms with Crippen molar-refractivity contribution in [2.45, 2.75) is 43.6 Å². The van der Waals surface area contributed by atoms with Gasteiger partial charge in [-0.3, -0.25) is 4.90 Å². The van der Waals surface area contributed by atoms with Gasteiger partial charge >= 0.3 is 6.09 Å². The summed E-state index contributed by atoms with van der Waals surface area (Å²) in [5.41, 5.74) is 2.96. The Morgan fingerprint density at radius 3 is 2.28 bits per heavy atom. The summed E-state index contributed by atoms with van der Waals surface area (Å²) in [6.45, 7) is 3.31. The molecular formula is C23H30N2O3S. The Hall–Kier alpha value is -1.89. The predicted molar refractivity (Wildman–Crippen MR) is 117 cm³/mol. The van der Waals surface area contributed by atoms with Crippen LogP contribution in [-0.2, 0) is 0 Å². The third-order valence-corrected chi connectivity index (χ3v) is 7.30. The van der Waals surface area contributed by atoms with Gasteiger partial charge in [0, 0.05) is 38.6 Å². The topological polar surface area (TPSA) is 64.0 Å². The summed E-state index contributed by atoms with van der Waals surface area (Å²) in [7, 11) is 0. The average molecular weight is 415 g/mol. The molecule has 5 nitrogen and oxygen atoms in total. The molecule has 1 saturated heterocycles. The number of amides is 1. The Morgan fingerprint density at radius 1 is 1.00 bits per heavy atom. The lowest BCUT2D eigenvalue weighted by atomic mass is 9.72. The Bertz CT molecular complexity index is 792. The summed E-state index contributed by atoms with van der Waals surface area (Å²) in [6.07, 6.45) is 4.21. The normalized spacial score (nSPS) is 21.1. The van der Waals surface area contributed by atoms with Crippen molar-refractivity contribution < 1.29 is 15.0 Å². The van der Waals surface area contributed by atoms with Gasteiger partial charge in [-0.2, -0.15) is 11.3 Å². The maximum absolute atomic E-state index is 11.6. The smallest absolute Gasteiger partial charge is 0.407 e. The number of thiophene rings is 1. The van der Waals surface area contributed by atoms with Crippen LogP contribution in [0.15, 0.2) is 41.1 Å². The van der Waals surface area contributed by atoms with E-state index in [1.54, 1.807) is 11.3 Å². The van der Waals surface area contributed by atoms with Crippen LogP contribution in [-0.4, -0.2) is 64.4 Å². The lowest BCUT2D eigenvalue weighted by Gasteiger charge is -2.43. The SMILES string of the molecule is O=C(O)N1CCN(CC(c2ccc(-c3ccsc3)cc2)C2(O)CCCCC2)CC1. The zero-order valence-corrected chi connectivity index (χ0v) is 17.6. The fraction of sp³-hybridized carbons (Fsp3) is 0.522. The van der Waals surface area contributed by atoms with Crippen LogP contribution in [0.3, 0.4) is 0 Å². The van der Waals surface area contributed by atoms with Crippen molar-refractivity contribution >= 4 is 17.4 Å². The van der Waals surface area contributed by atoms with Crippen molar-refractivity contribution in [2.24, 2.45) is 0 Å². The largest absolute Gasteiger partial charge is 0.465 e. The summed E-state index contributed by atoms with van der Waals surface area (Å²) in [5, 5.41) is 25.0. The number of piperazine rings is 1. The Balaban J connectivity index is 1.53. The molecule has 0 spiro atoms. The third kappa shape index (κ3) is 4.65. The van der Waals surface area contributed by atoms with Gasteiger partial charge in [0.1, 0.15) is 0 Å². The van der Waals surface area contributed by atoms with Gasteiger partial charge in [0.15, 0.2) is 0 Å². The Labute approximate surface area is 176 Å². The lowest BCUT2D eigenvalue weighted by Crippen LogP contribution is -2.51. The van der Waals surface area contributed by atoms with Crippen molar-refractivity contribution in [3.05, 3.63) is 46.7 Å². The molecule has 1 aromatic carbocycles. The minimum Gasteiger partial charge on any atom is -0.465 e. The van der Waals surface area contributed by atoms with Crippen LogP contribution in [0.4, 0.5) is 4.79 Å². The van der Waals surface area contributed by atoms with Crippen LogP contribution in [0, 0.1) is 0 Å². The summed E-state index contributed by atoms with van der Waals surface area (Å²) >= 11 is 1.70. The van der Waals surface area contributed by atoms with Gasteiger partial charge < -0.3 is 15.1 Å².